The van der Waals surface area contributed by atoms with Crippen LogP contribution in [-0.2, 0) is 25.3 Å². The van der Waals surface area contributed by atoms with Crippen molar-refractivity contribution in [1.29, 1.82) is 0 Å². The molecule has 4 rings (SSSR count). The van der Waals surface area contributed by atoms with Crippen molar-refractivity contribution in [1.82, 2.24) is 34.3 Å². The summed E-state index contributed by atoms with van der Waals surface area (Å²) < 4.78 is 9.22. The second kappa shape index (κ2) is 9.43. The molecule has 0 unspecified atom stereocenters. The fraction of sp³-hybridized carbons (Fsp3) is 0.381. The van der Waals surface area contributed by atoms with E-state index in [2.05, 4.69) is 62.7 Å². The number of aromatic amines is 1. The predicted octanol–water partition coefficient (Wildman–Crippen LogP) is 2.68. The maximum Gasteiger partial charge on any atom is 0.274 e. The SMILES string of the molecule is CCc1ccc(OCc2nnc(SCc3cc(=O)n4[nH]c(N)nc4n3)n2CC(C)C)cc1. The number of aryl methyl sites for hydroxylation is 1. The number of rotatable bonds is 9. The molecule has 11 heteroatoms. The summed E-state index contributed by atoms with van der Waals surface area (Å²) in [5.74, 6) is 2.80. The smallest absolute Gasteiger partial charge is 0.274 e. The van der Waals surface area contributed by atoms with E-state index in [1.807, 2.05) is 12.1 Å². The second-order valence-corrected chi connectivity index (χ2v) is 8.75. The number of aromatic nitrogens is 7. The summed E-state index contributed by atoms with van der Waals surface area (Å²) in [7, 11) is 0. The van der Waals surface area contributed by atoms with Gasteiger partial charge in [0, 0.05) is 18.4 Å². The van der Waals surface area contributed by atoms with Gasteiger partial charge in [-0.05, 0) is 30.0 Å². The van der Waals surface area contributed by atoms with Crippen molar-refractivity contribution < 1.29 is 4.74 Å². The molecule has 0 aliphatic rings. The number of nitrogens with zero attached hydrogens (tertiary/aromatic N) is 6. The number of H-pyrrole nitrogens is 1. The van der Waals surface area contributed by atoms with E-state index >= 15 is 0 Å². The third-order valence-corrected chi connectivity index (χ3v) is 5.79. The van der Waals surface area contributed by atoms with Crippen molar-refractivity contribution in [2.45, 2.75) is 51.3 Å². The van der Waals surface area contributed by atoms with Crippen molar-refractivity contribution in [3.05, 3.63) is 57.8 Å². The number of anilines is 1. The minimum absolute atomic E-state index is 0.144. The molecule has 0 atom stereocenters. The number of nitrogens with one attached hydrogen (secondary N) is 1. The number of hydrogen-bond acceptors (Lipinski definition) is 8. The second-order valence-electron chi connectivity index (χ2n) is 7.81. The Kier molecular flexibility index (Phi) is 6.45. The van der Waals surface area contributed by atoms with E-state index in [1.165, 1.54) is 27.9 Å². The number of thioether (sulfide) groups is 1. The Hall–Kier alpha value is -3.34. The van der Waals surface area contributed by atoms with Gasteiger partial charge in [-0.1, -0.05) is 44.7 Å². The minimum Gasteiger partial charge on any atom is -0.486 e. The van der Waals surface area contributed by atoms with Crippen LogP contribution in [0.1, 0.15) is 37.9 Å². The van der Waals surface area contributed by atoms with Gasteiger partial charge in [0.25, 0.3) is 11.3 Å². The molecule has 3 heterocycles. The fourth-order valence-corrected chi connectivity index (χ4v) is 4.07. The first-order valence-corrected chi connectivity index (χ1v) is 11.4. The van der Waals surface area contributed by atoms with Crippen LogP contribution in [0.3, 0.4) is 0 Å². The lowest BCUT2D eigenvalue weighted by Crippen LogP contribution is -2.15. The summed E-state index contributed by atoms with van der Waals surface area (Å²) in [5, 5.41) is 12.1. The molecule has 3 aromatic heterocycles. The zero-order chi connectivity index (χ0) is 22.7. The van der Waals surface area contributed by atoms with Crippen molar-refractivity contribution in [2.24, 2.45) is 5.92 Å². The Balaban J connectivity index is 1.49. The van der Waals surface area contributed by atoms with E-state index < -0.39 is 0 Å². The largest absolute Gasteiger partial charge is 0.486 e. The monoisotopic (exact) mass is 454 g/mol. The number of benzene rings is 1. The maximum atomic E-state index is 12.2. The van der Waals surface area contributed by atoms with Gasteiger partial charge < -0.3 is 15.0 Å². The average molecular weight is 455 g/mol. The highest BCUT2D eigenvalue weighted by Crippen LogP contribution is 2.23. The Labute approximate surface area is 189 Å². The van der Waals surface area contributed by atoms with Crippen LogP contribution in [0.25, 0.3) is 5.78 Å². The van der Waals surface area contributed by atoms with Crippen LogP contribution in [-0.4, -0.2) is 34.3 Å². The average Bonchev–Trinajstić information content (AvgIpc) is 3.33. The van der Waals surface area contributed by atoms with E-state index in [-0.39, 0.29) is 17.3 Å². The quantitative estimate of drug-likeness (QED) is 0.369. The summed E-state index contributed by atoms with van der Waals surface area (Å²) in [4.78, 5) is 20.7. The van der Waals surface area contributed by atoms with E-state index in [0.29, 0.717) is 24.0 Å². The molecule has 168 valence electrons. The topological polar surface area (TPSA) is 129 Å². The molecule has 0 spiro atoms. The first kappa shape index (κ1) is 21.9. The maximum absolute atomic E-state index is 12.2. The third-order valence-electron chi connectivity index (χ3n) is 4.79. The van der Waals surface area contributed by atoms with E-state index in [1.54, 1.807) is 0 Å². The molecular weight excluding hydrogens is 428 g/mol. The van der Waals surface area contributed by atoms with E-state index in [0.717, 1.165) is 29.7 Å². The minimum atomic E-state index is -0.262. The number of nitrogens with two attached hydrogens (primary N) is 1. The summed E-state index contributed by atoms with van der Waals surface area (Å²) in [6, 6.07) is 9.54. The van der Waals surface area contributed by atoms with Crippen LogP contribution in [0.4, 0.5) is 5.95 Å². The zero-order valence-corrected chi connectivity index (χ0v) is 19.1. The molecule has 0 aliphatic carbocycles. The number of fused-ring (bicyclic) bond motifs is 1. The molecule has 3 N–H and O–H groups in total. The van der Waals surface area contributed by atoms with Gasteiger partial charge in [-0.2, -0.15) is 9.50 Å². The van der Waals surface area contributed by atoms with Crippen molar-refractivity contribution in [3.63, 3.8) is 0 Å². The lowest BCUT2D eigenvalue weighted by molar-refractivity contribution is 0.284. The Morgan fingerprint density at radius 2 is 1.97 bits per heavy atom. The molecule has 1 aromatic carbocycles. The molecular formula is C21H26N8O2S. The molecule has 0 saturated heterocycles. The van der Waals surface area contributed by atoms with Crippen molar-refractivity contribution in [2.75, 3.05) is 5.73 Å². The number of hydrogen-bond donors (Lipinski definition) is 2. The molecule has 0 fully saturated rings. The third kappa shape index (κ3) is 4.93. The van der Waals surface area contributed by atoms with Gasteiger partial charge >= 0.3 is 0 Å². The van der Waals surface area contributed by atoms with Crippen molar-refractivity contribution in [3.8, 4) is 5.75 Å². The van der Waals surface area contributed by atoms with Gasteiger partial charge in [-0.3, -0.25) is 9.89 Å². The molecule has 10 nitrogen and oxygen atoms in total. The van der Waals surface area contributed by atoms with Crippen LogP contribution < -0.4 is 16.0 Å². The summed E-state index contributed by atoms with van der Waals surface area (Å²) in [6.45, 7) is 7.48. The molecule has 0 radical (unpaired) electrons. The highest BCUT2D eigenvalue weighted by molar-refractivity contribution is 7.98. The Bertz CT molecular complexity index is 1260. The highest BCUT2D eigenvalue weighted by Gasteiger charge is 2.16. The van der Waals surface area contributed by atoms with Crippen LogP contribution in [0.2, 0.25) is 0 Å². The summed E-state index contributed by atoms with van der Waals surface area (Å²) in [6.07, 6.45) is 0.991. The molecule has 4 aromatic rings. The van der Waals surface area contributed by atoms with Crippen LogP contribution in [0, 0.1) is 5.92 Å². The van der Waals surface area contributed by atoms with Crippen LogP contribution >= 0.6 is 11.8 Å². The Morgan fingerprint density at radius 3 is 2.69 bits per heavy atom. The first-order valence-electron chi connectivity index (χ1n) is 10.4. The fourth-order valence-electron chi connectivity index (χ4n) is 3.21. The number of ether oxygens (including phenoxy) is 1. The van der Waals surface area contributed by atoms with Crippen molar-refractivity contribution >= 4 is 23.5 Å². The van der Waals surface area contributed by atoms with Gasteiger partial charge in [-0.25, -0.2) is 4.98 Å². The highest BCUT2D eigenvalue weighted by atomic mass is 32.2. The van der Waals surface area contributed by atoms with Crippen LogP contribution in [0.5, 0.6) is 5.75 Å². The van der Waals surface area contributed by atoms with E-state index in [4.69, 9.17) is 10.5 Å². The standard InChI is InChI=1S/C21H26N8O2S/c1-4-14-5-7-16(8-6-14)31-11-17-25-26-21(28(17)10-13(2)3)32-12-15-9-18(30)29-20(23-15)24-19(22)27-29/h5-9,13H,4,10-12H2,1-3H3,(H3,22,23,24,27). The van der Waals surface area contributed by atoms with Gasteiger partial charge in [0.2, 0.25) is 5.95 Å². The lowest BCUT2D eigenvalue weighted by atomic mass is 10.2. The van der Waals surface area contributed by atoms with Gasteiger partial charge in [-0.15, -0.1) is 10.2 Å². The van der Waals surface area contributed by atoms with E-state index in [9.17, 15) is 4.79 Å². The van der Waals surface area contributed by atoms with Crippen LogP contribution in [0.15, 0.2) is 40.3 Å². The molecule has 0 saturated carbocycles. The normalized spacial score (nSPS) is 11.5. The van der Waals surface area contributed by atoms with Gasteiger partial charge in [0.1, 0.15) is 12.4 Å². The molecule has 0 bridgehead atoms. The summed E-state index contributed by atoms with van der Waals surface area (Å²) >= 11 is 1.47. The first-order chi connectivity index (χ1) is 15.4. The van der Waals surface area contributed by atoms with Gasteiger partial charge in [0.15, 0.2) is 11.0 Å². The zero-order valence-electron chi connectivity index (χ0n) is 18.3. The molecule has 0 aliphatic heterocycles. The summed E-state index contributed by atoms with van der Waals surface area (Å²) in [5.41, 5.74) is 7.22. The predicted molar refractivity (Wildman–Crippen MR) is 123 cm³/mol. The molecule has 32 heavy (non-hydrogen) atoms. The number of nitrogen functional groups attached to an aromatic ring is 1. The Morgan fingerprint density at radius 1 is 1.19 bits per heavy atom. The van der Waals surface area contributed by atoms with Gasteiger partial charge in [0.05, 0.1) is 5.69 Å². The lowest BCUT2D eigenvalue weighted by Gasteiger charge is -2.13. The molecule has 0 amide bonds.